The van der Waals surface area contributed by atoms with Crippen molar-refractivity contribution in [2.45, 2.75) is 27.3 Å². The molecule has 0 radical (unpaired) electrons. The standard InChI is InChI=1S/C16H25BrN2O2/c1-4-19(11-16(2,3)10-18)9-12-7-14-15(8-13(12)17)21-6-5-20-14/h7-8H,4-6,9-11,18H2,1-3H3. The van der Waals surface area contributed by atoms with E-state index in [0.29, 0.717) is 19.8 Å². The third-order valence-electron chi connectivity index (χ3n) is 3.76. The molecule has 1 aliphatic rings. The summed E-state index contributed by atoms with van der Waals surface area (Å²) in [5, 5.41) is 0. The molecular weight excluding hydrogens is 332 g/mol. The number of ether oxygens (including phenoxy) is 2. The van der Waals surface area contributed by atoms with Gasteiger partial charge in [-0.2, -0.15) is 0 Å². The fraction of sp³-hybridized carbons (Fsp3) is 0.625. The van der Waals surface area contributed by atoms with E-state index < -0.39 is 0 Å². The van der Waals surface area contributed by atoms with E-state index >= 15 is 0 Å². The van der Waals surface area contributed by atoms with Gasteiger partial charge in [-0.3, -0.25) is 4.90 Å². The molecule has 1 aliphatic heterocycles. The van der Waals surface area contributed by atoms with Crippen molar-refractivity contribution in [3.63, 3.8) is 0 Å². The molecule has 1 aromatic carbocycles. The summed E-state index contributed by atoms with van der Waals surface area (Å²) < 4.78 is 12.3. The lowest BCUT2D eigenvalue weighted by molar-refractivity contribution is 0.169. The maximum absolute atomic E-state index is 5.85. The molecule has 0 atom stereocenters. The fourth-order valence-electron chi connectivity index (χ4n) is 2.42. The van der Waals surface area contributed by atoms with Gasteiger partial charge in [0.15, 0.2) is 11.5 Å². The lowest BCUT2D eigenvalue weighted by Gasteiger charge is -2.31. The second-order valence-electron chi connectivity index (χ2n) is 6.26. The van der Waals surface area contributed by atoms with E-state index in [1.54, 1.807) is 0 Å². The average molecular weight is 357 g/mol. The largest absolute Gasteiger partial charge is 0.486 e. The number of benzene rings is 1. The van der Waals surface area contributed by atoms with Gasteiger partial charge >= 0.3 is 0 Å². The molecule has 5 heteroatoms. The van der Waals surface area contributed by atoms with Crippen LogP contribution in [0.5, 0.6) is 11.5 Å². The minimum absolute atomic E-state index is 0.121. The Morgan fingerprint density at radius 2 is 1.86 bits per heavy atom. The summed E-state index contributed by atoms with van der Waals surface area (Å²) in [5.41, 5.74) is 7.19. The van der Waals surface area contributed by atoms with E-state index in [9.17, 15) is 0 Å². The Balaban J connectivity index is 2.14. The van der Waals surface area contributed by atoms with Gasteiger partial charge in [0.2, 0.25) is 0 Å². The predicted molar refractivity (Wildman–Crippen MR) is 88.9 cm³/mol. The highest BCUT2D eigenvalue weighted by atomic mass is 79.9. The zero-order chi connectivity index (χ0) is 15.5. The number of hydrogen-bond donors (Lipinski definition) is 1. The highest BCUT2D eigenvalue weighted by Gasteiger charge is 2.21. The van der Waals surface area contributed by atoms with Gasteiger partial charge in [0, 0.05) is 17.6 Å². The van der Waals surface area contributed by atoms with Crippen molar-refractivity contribution in [2.24, 2.45) is 11.1 Å². The van der Waals surface area contributed by atoms with Gasteiger partial charge in [0.05, 0.1) is 0 Å². The fourth-order valence-corrected chi connectivity index (χ4v) is 2.87. The number of rotatable bonds is 6. The third-order valence-corrected chi connectivity index (χ3v) is 4.49. The Morgan fingerprint density at radius 1 is 1.24 bits per heavy atom. The molecule has 0 amide bonds. The summed E-state index contributed by atoms with van der Waals surface area (Å²) >= 11 is 3.64. The molecule has 0 saturated heterocycles. The second kappa shape index (κ2) is 6.99. The zero-order valence-electron chi connectivity index (χ0n) is 13.1. The van der Waals surface area contributed by atoms with E-state index in [2.05, 4.69) is 47.7 Å². The first-order valence-corrected chi connectivity index (χ1v) is 8.25. The van der Waals surface area contributed by atoms with Crippen molar-refractivity contribution in [1.29, 1.82) is 0 Å². The number of halogens is 1. The van der Waals surface area contributed by atoms with Crippen LogP contribution in [0.3, 0.4) is 0 Å². The third kappa shape index (κ3) is 4.34. The molecule has 118 valence electrons. The Kier molecular flexibility index (Phi) is 5.52. The van der Waals surface area contributed by atoms with Gasteiger partial charge in [-0.05, 0) is 36.2 Å². The molecule has 0 spiro atoms. The molecule has 0 unspecified atom stereocenters. The molecule has 1 heterocycles. The van der Waals surface area contributed by atoms with E-state index in [1.807, 2.05) is 6.07 Å². The summed E-state index contributed by atoms with van der Waals surface area (Å²) in [7, 11) is 0. The molecule has 0 aliphatic carbocycles. The van der Waals surface area contributed by atoms with Crippen LogP contribution in [0.4, 0.5) is 0 Å². The summed E-state index contributed by atoms with van der Waals surface area (Å²) in [6.07, 6.45) is 0. The van der Waals surface area contributed by atoms with Crippen molar-refractivity contribution in [1.82, 2.24) is 4.90 Å². The average Bonchev–Trinajstić information content (AvgIpc) is 2.47. The van der Waals surface area contributed by atoms with E-state index in [1.165, 1.54) is 5.56 Å². The lowest BCUT2D eigenvalue weighted by atomic mass is 9.93. The topological polar surface area (TPSA) is 47.7 Å². The Bertz CT molecular complexity index is 491. The number of hydrogen-bond acceptors (Lipinski definition) is 4. The molecule has 21 heavy (non-hydrogen) atoms. The maximum Gasteiger partial charge on any atom is 0.162 e. The van der Waals surface area contributed by atoms with Gasteiger partial charge < -0.3 is 15.2 Å². The summed E-state index contributed by atoms with van der Waals surface area (Å²) in [6, 6.07) is 4.09. The molecular formula is C16H25BrN2O2. The maximum atomic E-state index is 5.85. The van der Waals surface area contributed by atoms with Gasteiger partial charge in [-0.15, -0.1) is 0 Å². The van der Waals surface area contributed by atoms with Crippen molar-refractivity contribution in [3.05, 3.63) is 22.2 Å². The second-order valence-corrected chi connectivity index (χ2v) is 7.11. The first-order chi connectivity index (χ1) is 9.95. The Labute approximate surface area is 135 Å². The van der Waals surface area contributed by atoms with Crippen LogP contribution in [0.15, 0.2) is 16.6 Å². The SMILES string of the molecule is CCN(Cc1cc2c(cc1Br)OCCO2)CC(C)(C)CN. The molecule has 0 bridgehead atoms. The van der Waals surface area contributed by atoms with Gasteiger partial charge in [-0.1, -0.05) is 36.7 Å². The molecule has 0 aromatic heterocycles. The van der Waals surface area contributed by atoms with Gasteiger partial charge in [0.25, 0.3) is 0 Å². The number of nitrogens with zero attached hydrogens (tertiary/aromatic N) is 1. The molecule has 4 nitrogen and oxygen atoms in total. The first kappa shape index (κ1) is 16.6. The molecule has 0 fully saturated rings. The van der Waals surface area contributed by atoms with Crippen LogP contribution in [0.25, 0.3) is 0 Å². The Hall–Kier alpha value is -0.780. The monoisotopic (exact) mass is 356 g/mol. The smallest absolute Gasteiger partial charge is 0.162 e. The number of nitrogens with two attached hydrogens (primary N) is 1. The van der Waals surface area contributed by atoms with Crippen LogP contribution < -0.4 is 15.2 Å². The highest BCUT2D eigenvalue weighted by Crippen LogP contribution is 2.36. The number of fused-ring (bicyclic) bond motifs is 1. The lowest BCUT2D eigenvalue weighted by Crippen LogP contribution is -2.38. The van der Waals surface area contributed by atoms with E-state index in [-0.39, 0.29) is 5.41 Å². The van der Waals surface area contributed by atoms with Crippen molar-refractivity contribution >= 4 is 15.9 Å². The molecule has 1 aromatic rings. The van der Waals surface area contributed by atoms with Crippen LogP contribution >= 0.6 is 15.9 Å². The Morgan fingerprint density at radius 3 is 2.43 bits per heavy atom. The van der Waals surface area contributed by atoms with E-state index in [4.69, 9.17) is 15.2 Å². The van der Waals surface area contributed by atoms with E-state index in [0.717, 1.165) is 35.6 Å². The predicted octanol–water partition coefficient (Wildman–Crippen LogP) is 3.03. The van der Waals surface area contributed by atoms with Crippen LogP contribution in [0, 0.1) is 5.41 Å². The van der Waals surface area contributed by atoms with Crippen molar-refractivity contribution in [3.8, 4) is 11.5 Å². The molecule has 0 saturated carbocycles. The normalized spacial score (nSPS) is 14.6. The highest BCUT2D eigenvalue weighted by molar-refractivity contribution is 9.10. The minimum atomic E-state index is 0.121. The van der Waals surface area contributed by atoms with Gasteiger partial charge in [-0.25, -0.2) is 0 Å². The van der Waals surface area contributed by atoms with Crippen LogP contribution in [0.2, 0.25) is 0 Å². The quantitative estimate of drug-likeness (QED) is 0.850. The first-order valence-electron chi connectivity index (χ1n) is 7.45. The van der Waals surface area contributed by atoms with Crippen molar-refractivity contribution in [2.75, 3.05) is 32.8 Å². The summed E-state index contributed by atoms with van der Waals surface area (Å²) in [6.45, 7) is 11.3. The van der Waals surface area contributed by atoms with Crippen molar-refractivity contribution < 1.29 is 9.47 Å². The minimum Gasteiger partial charge on any atom is -0.486 e. The van der Waals surface area contributed by atoms with Crippen LogP contribution in [-0.4, -0.2) is 37.7 Å². The summed E-state index contributed by atoms with van der Waals surface area (Å²) in [4.78, 5) is 2.41. The van der Waals surface area contributed by atoms with Crippen LogP contribution in [-0.2, 0) is 6.54 Å². The molecule has 2 rings (SSSR count). The van der Waals surface area contributed by atoms with Gasteiger partial charge in [0.1, 0.15) is 13.2 Å². The zero-order valence-corrected chi connectivity index (χ0v) is 14.7. The van der Waals surface area contributed by atoms with Crippen LogP contribution in [0.1, 0.15) is 26.3 Å². The molecule has 2 N–H and O–H groups in total. The summed E-state index contributed by atoms with van der Waals surface area (Å²) in [5.74, 6) is 1.66.